The van der Waals surface area contributed by atoms with E-state index in [1.54, 1.807) is 6.07 Å². The molecule has 2 N–H and O–H groups in total. The highest BCUT2D eigenvalue weighted by atomic mass is 16.3. The van der Waals surface area contributed by atoms with Gasteiger partial charge in [-0.05, 0) is 43.4 Å². The summed E-state index contributed by atoms with van der Waals surface area (Å²) in [5, 5.41) is 22.6. The summed E-state index contributed by atoms with van der Waals surface area (Å²) in [5.74, 6) is 0.220. The molecule has 0 aromatic heterocycles. The first-order chi connectivity index (χ1) is 11.6. The van der Waals surface area contributed by atoms with Gasteiger partial charge >= 0.3 is 6.03 Å². The topological polar surface area (TPSA) is 76.4 Å². The van der Waals surface area contributed by atoms with Crippen molar-refractivity contribution in [3.8, 4) is 6.07 Å². The Hall–Kier alpha value is -2.06. The van der Waals surface area contributed by atoms with Crippen LogP contribution in [0.2, 0.25) is 0 Å². The van der Waals surface area contributed by atoms with Crippen molar-refractivity contribution < 1.29 is 9.90 Å². The van der Waals surface area contributed by atoms with Crippen molar-refractivity contribution in [3.05, 3.63) is 35.4 Å². The average molecular weight is 327 g/mol. The van der Waals surface area contributed by atoms with Crippen LogP contribution in [-0.4, -0.2) is 41.3 Å². The van der Waals surface area contributed by atoms with E-state index in [2.05, 4.69) is 11.4 Å². The quantitative estimate of drug-likeness (QED) is 0.895. The third-order valence-electron chi connectivity index (χ3n) is 5.46. The van der Waals surface area contributed by atoms with Crippen LogP contribution < -0.4 is 5.32 Å². The fourth-order valence-electron chi connectivity index (χ4n) is 3.98. The first-order valence-electron chi connectivity index (χ1n) is 8.85. The van der Waals surface area contributed by atoms with Crippen LogP contribution in [0.25, 0.3) is 0 Å². The fraction of sp³-hybridized carbons (Fsp3) is 0.579. The summed E-state index contributed by atoms with van der Waals surface area (Å²) in [5.41, 5.74) is 1.15. The van der Waals surface area contributed by atoms with Crippen LogP contribution in [0.3, 0.4) is 0 Å². The molecule has 128 valence electrons. The fourth-order valence-corrected chi connectivity index (χ4v) is 3.98. The summed E-state index contributed by atoms with van der Waals surface area (Å²) in [6, 6.07) is 9.56. The Kier molecular flexibility index (Phi) is 5.06. The summed E-state index contributed by atoms with van der Waals surface area (Å²) in [7, 11) is 0. The van der Waals surface area contributed by atoms with E-state index in [4.69, 9.17) is 5.26 Å². The Morgan fingerprint density at radius 3 is 3.12 bits per heavy atom. The molecule has 1 saturated carbocycles. The highest BCUT2D eigenvalue weighted by Crippen LogP contribution is 2.39. The van der Waals surface area contributed by atoms with Crippen molar-refractivity contribution >= 4 is 6.03 Å². The minimum absolute atomic E-state index is 0.0425. The third kappa shape index (κ3) is 3.70. The number of nitrogens with one attached hydrogen (secondary N) is 1. The number of aliphatic hydroxyl groups is 1. The van der Waals surface area contributed by atoms with Gasteiger partial charge in [0, 0.05) is 25.6 Å². The molecule has 1 aliphatic heterocycles. The lowest BCUT2D eigenvalue weighted by molar-refractivity contribution is -0.0870. The number of carbonyl (C=O) groups excluding carboxylic acids is 1. The number of hydrogen-bond donors (Lipinski definition) is 2. The lowest BCUT2D eigenvalue weighted by atomic mass is 9.71. The van der Waals surface area contributed by atoms with Crippen molar-refractivity contribution in [2.75, 3.05) is 19.6 Å². The van der Waals surface area contributed by atoms with Crippen LogP contribution in [0.15, 0.2) is 24.3 Å². The molecule has 0 unspecified atom stereocenters. The number of benzene rings is 1. The van der Waals surface area contributed by atoms with Gasteiger partial charge in [0.1, 0.15) is 0 Å². The molecule has 0 spiro atoms. The monoisotopic (exact) mass is 327 g/mol. The molecule has 3 rings (SSSR count). The Morgan fingerprint density at radius 2 is 2.29 bits per heavy atom. The molecule has 1 aromatic rings. The molecule has 1 aromatic carbocycles. The van der Waals surface area contributed by atoms with Gasteiger partial charge < -0.3 is 15.3 Å². The van der Waals surface area contributed by atoms with Crippen LogP contribution in [0, 0.1) is 17.2 Å². The molecule has 5 heteroatoms. The summed E-state index contributed by atoms with van der Waals surface area (Å²) >= 11 is 0. The van der Waals surface area contributed by atoms with Gasteiger partial charge in [-0.25, -0.2) is 4.79 Å². The van der Waals surface area contributed by atoms with Gasteiger partial charge in [-0.2, -0.15) is 5.26 Å². The van der Waals surface area contributed by atoms with Crippen molar-refractivity contribution in [2.24, 2.45) is 5.92 Å². The van der Waals surface area contributed by atoms with E-state index in [0.29, 0.717) is 38.0 Å². The maximum atomic E-state index is 12.4. The number of amides is 2. The largest absolute Gasteiger partial charge is 0.389 e. The summed E-state index contributed by atoms with van der Waals surface area (Å²) in [6.45, 7) is 1.84. The molecule has 2 aliphatic rings. The number of likely N-dealkylation sites (tertiary alicyclic amines) is 1. The Morgan fingerprint density at radius 1 is 1.42 bits per heavy atom. The Balaban J connectivity index is 1.48. The standard InChI is InChI=1S/C19H25N3O2/c20-13-16-5-3-4-15(12-16)7-10-21-18(23)22-11-9-19(24)8-2-1-6-17(19)14-22/h3-5,12,17,24H,1-2,6-11,14H2,(H,21,23)/t17-,19-/m1/s1. The highest BCUT2D eigenvalue weighted by molar-refractivity contribution is 5.74. The highest BCUT2D eigenvalue weighted by Gasteiger charge is 2.43. The summed E-state index contributed by atoms with van der Waals surface area (Å²) in [6.07, 6.45) is 5.54. The van der Waals surface area contributed by atoms with Gasteiger partial charge in [0.15, 0.2) is 0 Å². The smallest absolute Gasteiger partial charge is 0.317 e. The van der Waals surface area contributed by atoms with Crippen LogP contribution in [-0.2, 0) is 6.42 Å². The predicted molar refractivity (Wildman–Crippen MR) is 91.4 cm³/mol. The number of piperidine rings is 1. The molecule has 0 bridgehead atoms. The molecule has 0 radical (unpaired) electrons. The number of rotatable bonds is 3. The SMILES string of the molecule is N#Cc1cccc(CCNC(=O)N2CC[C@]3(O)CCCC[C@@H]3C2)c1. The second-order valence-corrected chi connectivity index (χ2v) is 7.04. The van der Waals surface area contributed by atoms with Gasteiger partial charge in [-0.15, -0.1) is 0 Å². The average Bonchev–Trinajstić information content (AvgIpc) is 2.61. The van der Waals surface area contributed by atoms with E-state index in [0.717, 1.165) is 31.2 Å². The molecule has 1 aliphatic carbocycles. The van der Waals surface area contributed by atoms with Gasteiger partial charge in [-0.3, -0.25) is 0 Å². The minimum Gasteiger partial charge on any atom is -0.389 e. The van der Waals surface area contributed by atoms with E-state index in [9.17, 15) is 9.90 Å². The van der Waals surface area contributed by atoms with Gasteiger partial charge in [-0.1, -0.05) is 25.0 Å². The summed E-state index contributed by atoms with van der Waals surface area (Å²) < 4.78 is 0. The number of fused-ring (bicyclic) bond motifs is 1. The van der Waals surface area contributed by atoms with Crippen LogP contribution in [0.1, 0.15) is 43.2 Å². The van der Waals surface area contributed by atoms with Crippen molar-refractivity contribution in [2.45, 2.75) is 44.1 Å². The van der Waals surface area contributed by atoms with Gasteiger partial charge in [0.25, 0.3) is 0 Å². The number of nitriles is 1. The van der Waals surface area contributed by atoms with E-state index in [1.807, 2.05) is 23.1 Å². The second-order valence-electron chi connectivity index (χ2n) is 7.04. The lowest BCUT2D eigenvalue weighted by Crippen LogP contribution is -2.56. The van der Waals surface area contributed by atoms with Crippen LogP contribution in [0.4, 0.5) is 4.79 Å². The number of hydrogen-bond acceptors (Lipinski definition) is 3. The molecular formula is C19H25N3O2. The number of nitrogens with zero attached hydrogens (tertiary/aromatic N) is 2. The lowest BCUT2D eigenvalue weighted by Gasteiger charge is -2.47. The molecule has 2 amide bonds. The summed E-state index contributed by atoms with van der Waals surface area (Å²) in [4.78, 5) is 14.2. The van der Waals surface area contributed by atoms with Gasteiger partial charge in [0.05, 0.1) is 17.2 Å². The zero-order chi connectivity index (χ0) is 17.0. The molecule has 1 heterocycles. The molecule has 24 heavy (non-hydrogen) atoms. The molecule has 2 fully saturated rings. The third-order valence-corrected chi connectivity index (χ3v) is 5.46. The maximum absolute atomic E-state index is 12.4. The first kappa shape index (κ1) is 16.8. The molecule has 5 nitrogen and oxygen atoms in total. The predicted octanol–water partition coefficient (Wildman–Crippen LogP) is 2.44. The van der Waals surface area contributed by atoms with E-state index < -0.39 is 5.60 Å². The van der Waals surface area contributed by atoms with E-state index in [-0.39, 0.29) is 11.9 Å². The van der Waals surface area contributed by atoms with Crippen molar-refractivity contribution in [1.82, 2.24) is 10.2 Å². The molecule has 2 atom stereocenters. The van der Waals surface area contributed by atoms with Crippen molar-refractivity contribution in [3.63, 3.8) is 0 Å². The van der Waals surface area contributed by atoms with Crippen molar-refractivity contribution in [1.29, 1.82) is 5.26 Å². The Labute approximate surface area is 143 Å². The molecule has 1 saturated heterocycles. The zero-order valence-corrected chi connectivity index (χ0v) is 14.0. The number of carbonyl (C=O) groups is 1. The normalized spacial score (nSPS) is 26.3. The van der Waals surface area contributed by atoms with Crippen LogP contribution in [0.5, 0.6) is 0 Å². The van der Waals surface area contributed by atoms with E-state index >= 15 is 0 Å². The second kappa shape index (κ2) is 7.23. The first-order valence-corrected chi connectivity index (χ1v) is 8.85. The Bertz CT molecular complexity index is 640. The van der Waals surface area contributed by atoms with Gasteiger partial charge in [0.2, 0.25) is 0 Å². The van der Waals surface area contributed by atoms with E-state index in [1.165, 1.54) is 0 Å². The number of urea groups is 1. The molecular weight excluding hydrogens is 302 g/mol. The van der Waals surface area contributed by atoms with Crippen LogP contribution >= 0.6 is 0 Å². The maximum Gasteiger partial charge on any atom is 0.317 e. The minimum atomic E-state index is -0.549. The zero-order valence-electron chi connectivity index (χ0n) is 14.0.